The minimum atomic E-state index is 0.536. The third kappa shape index (κ3) is 2.64. The second-order valence-electron chi connectivity index (χ2n) is 4.27. The van der Waals surface area contributed by atoms with Gasteiger partial charge in [0, 0.05) is 18.6 Å². The highest BCUT2D eigenvalue weighted by atomic mass is 16.5. The smallest absolute Gasteiger partial charge is 0.119 e. The molecule has 0 aromatic heterocycles. The third-order valence-electron chi connectivity index (χ3n) is 3.08. The zero-order valence-electron chi connectivity index (χ0n) is 9.97. The number of benzene rings is 1. The Morgan fingerprint density at radius 3 is 2.31 bits per heavy atom. The van der Waals surface area contributed by atoms with Gasteiger partial charge in [0.15, 0.2) is 0 Å². The summed E-state index contributed by atoms with van der Waals surface area (Å²) < 4.78 is 5.70. The molecular weight excluding hydrogens is 198 g/mol. The molecule has 0 fully saturated rings. The number of hydrogen-bond donors (Lipinski definition) is 0. The highest BCUT2D eigenvalue weighted by molar-refractivity contribution is 5.20. The van der Waals surface area contributed by atoms with Crippen molar-refractivity contribution in [3.05, 3.63) is 42.5 Å². The minimum absolute atomic E-state index is 0.536. The molecule has 2 heteroatoms. The summed E-state index contributed by atoms with van der Waals surface area (Å²) in [5.41, 5.74) is 0. The topological polar surface area (TPSA) is 12.5 Å². The Morgan fingerprint density at radius 2 is 1.69 bits per heavy atom. The molecule has 0 aliphatic carbocycles. The molecule has 2 unspecified atom stereocenters. The van der Waals surface area contributed by atoms with Crippen molar-refractivity contribution < 1.29 is 4.74 Å². The molecule has 86 valence electrons. The third-order valence-corrected chi connectivity index (χ3v) is 3.08. The van der Waals surface area contributed by atoms with Crippen LogP contribution >= 0.6 is 0 Å². The lowest BCUT2D eigenvalue weighted by molar-refractivity contribution is 0.180. The molecule has 1 aromatic carbocycles. The fourth-order valence-electron chi connectivity index (χ4n) is 2.11. The molecule has 1 aliphatic heterocycles. The summed E-state index contributed by atoms with van der Waals surface area (Å²) in [6.07, 6.45) is 4.51. The van der Waals surface area contributed by atoms with Gasteiger partial charge in [-0.1, -0.05) is 30.4 Å². The monoisotopic (exact) mass is 217 g/mol. The first-order chi connectivity index (χ1) is 7.77. The molecule has 1 aromatic rings. The van der Waals surface area contributed by atoms with Gasteiger partial charge in [-0.3, -0.25) is 4.90 Å². The van der Waals surface area contributed by atoms with Gasteiger partial charge in [-0.05, 0) is 26.0 Å². The van der Waals surface area contributed by atoms with E-state index in [1.54, 1.807) is 0 Å². The molecule has 0 N–H and O–H groups in total. The first-order valence-electron chi connectivity index (χ1n) is 5.89. The molecule has 1 heterocycles. The fraction of sp³-hybridized carbons (Fsp3) is 0.429. The Morgan fingerprint density at radius 1 is 1.06 bits per heavy atom. The molecular formula is C14H19NO. The number of ether oxygens (including phenoxy) is 1. The predicted molar refractivity (Wildman–Crippen MR) is 66.7 cm³/mol. The van der Waals surface area contributed by atoms with Gasteiger partial charge in [0.2, 0.25) is 0 Å². The van der Waals surface area contributed by atoms with Crippen LogP contribution in [0.1, 0.15) is 13.8 Å². The van der Waals surface area contributed by atoms with Crippen LogP contribution in [-0.2, 0) is 0 Å². The summed E-state index contributed by atoms with van der Waals surface area (Å²) in [5.74, 6) is 0.954. The van der Waals surface area contributed by atoms with E-state index in [1.165, 1.54) is 0 Å². The average Bonchev–Trinajstić information content (AvgIpc) is 2.62. The van der Waals surface area contributed by atoms with Gasteiger partial charge in [0.05, 0.1) is 0 Å². The summed E-state index contributed by atoms with van der Waals surface area (Å²) in [7, 11) is 0. The standard InChI is InChI=1S/C14H19NO/c1-12-8-9-13(2)15(12)10-11-16-14-6-4-3-5-7-14/h3-9,12-13H,10-11H2,1-2H3. The number of nitrogens with zero attached hydrogens (tertiary/aromatic N) is 1. The Balaban J connectivity index is 1.76. The van der Waals surface area contributed by atoms with Crippen LogP contribution in [-0.4, -0.2) is 30.1 Å². The van der Waals surface area contributed by atoms with E-state index >= 15 is 0 Å². The maximum absolute atomic E-state index is 5.70. The maximum Gasteiger partial charge on any atom is 0.119 e. The molecule has 2 nitrogen and oxygen atoms in total. The van der Waals surface area contributed by atoms with E-state index in [4.69, 9.17) is 4.74 Å². The summed E-state index contributed by atoms with van der Waals surface area (Å²) >= 11 is 0. The maximum atomic E-state index is 5.70. The van der Waals surface area contributed by atoms with Crippen LogP contribution in [0.4, 0.5) is 0 Å². The molecule has 0 radical (unpaired) electrons. The van der Waals surface area contributed by atoms with Crippen molar-refractivity contribution in [2.24, 2.45) is 0 Å². The number of rotatable bonds is 4. The second kappa shape index (κ2) is 5.17. The van der Waals surface area contributed by atoms with Crippen LogP contribution in [0.15, 0.2) is 42.5 Å². The molecule has 0 spiro atoms. The van der Waals surface area contributed by atoms with Crippen LogP contribution in [0.2, 0.25) is 0 Å². The van der Waals surface area contributed by atoms with Crippen molar-refractivity contribution in [1.82, 2.24) is 4.90 Å². The molecule has 0 saturated heterocycles. The van der Waals surface area contributed by atoms with Gasteiger partial charge in [-0.2, -0.15) is 0 Å². The summed E-state index contributed by atoms with van der Waals surface area (Å²) in [6.45, 7) is 6.18. The summed E-state index contributed by atoms with van der Waals surface area (Å²) in [6, 6.07) is 11.1. The lowest BCUT2D eigenvalue weighted by Crippen LogP contribution is -2.36. The van der Waals surface area contributed by atoms with Crippen molar-refractivity contribution in [3.8, 4) is 5.75 Å². The summed E-state index contributed by atoms with van der Waals surface area (Å²) in [4.78, 5) is 2.43. The van der Waals surface area contributed by atoms with E-state index in [0.29, 0.717) is 12.1 Å². The highest BCUT2D eigenvalue weighted by Gasteiger charge is 2.21. The van der Waals surface area contributed by atoms with E-state index in [9.17, 15) is 0 Å². The largest absolute Gasteiger partial charge is 0.492 e. The van der Waals surface area contributed by atoms with E-state index in [1.807, 2.05) is 30.3 Å². The van der Waals surface area contributed by atoms with E-state index in [2.05, 4.69) is 30.9 Å². The highest BCUT2D eigenvalue weighted by Crippen LogP contribution is 2.16. The molecule has 16 heavy (non-hydrogen) atoms. The van der Waals surface area contributed by atoms with Gasteiger partial charge >= 0.3 is 0 Å². The van der Waals surface area contributed by atoms with Crippen molar-refractivity contribution in [2.45, 2.75) is 25.9 Å². The first-order valence-corrected chi connectivity index (χ1v) is 5.89. The van der Waals surface area contributed by atoms with Crippen molar-refractivity contribution in [1.29, 1.82) is 0 Å². The average molecular weight is 217 g/mol. The molecule has 1 aliphatic rings. The lowest BCUT2D eigenvalue weighted by atomic mass is 10.3. The van der Waals surface area contributed by atoms with Gasteiger partial charge in [0.1, 0.15) is 12.4 Å². The zero-order valence-corrected chi connectivity index (χ0v) is 9.97. The van der Waals surface area contributed by atoms with Gasteiger partial charge in [-0.15, -0.1) is 0 Å². The molecule has 0 bridgehead atoms. The van der Waals surface area contributed by atoms with Gasteiger partial charge in [0.25, 0.3) is 0 Å². The molecule has 0 amide bonds. The SMILES string of the molecule is CC1C=CC(C)N1CCOc1ccccc1. The van der Waals surface area contributed by atoms with Gasteiger partial charge in [-0.25, -0.2) is 0 Å². The Hall–Kier alpha value is -1.28. The van der Waals surface area contributed by atoms with Crippen LogP contribution < -0.4 is 4.74 Å². The van der Waals surface area contributed by atoms with Crippen LogP contribution in [0.25, 0.3) is 0 Å². The van der Waals surface area contributed by atoms with Crippen molar-refractivity contribution in [2.75, 3.05) is 13.2 Å². The van der Waals surface area contributed by atoms with E-state index in [0.717, 1.165) is 18.9 Å². The molecule has 0 saturated carbocycles. The molecule has 2 atom stereocenters. The normalized spacial score (nSPS) is 24.9. The van der Waals surface area contributed by atoms with Gasteiger partial charge < -0.3 is 4.74 Å². The van der Waals surface area contributed by atoms with Crippen molar-refractivity contribution in [3.63, 3.8) is 0 Å². The van der Waals surface area contributed by atoms with E-state index < -0.39 is 0 Å². The molecule has 2 rings (SSSR count). The van der Waals surface area contributed by atoms with Crippen LogP contribution in [0.3, 0.4) is 0 Å². The second-order valence-corrected chi connectivity index (χ2v) is 4.27. The summed E-state index contributed by atoms with van der Waals surface area (Å²) in [5, 5.41) is 0. The Labute approximate surface area is 97.5 Å². The Kier molecular flexibility index (Phi) is 3.62. The Bertz CT molecular complexity index is 335. The fourth-order valence-corrected chi connectivity index (χ4v) is 2.11. The number of para-hydroxylation sites is 1. The zero-order chi connectivity index (χ0) is 11.4. The van der Waals surface area contributed by atoms with E-state index in [-0.39, 0.29) is 0 Å². The number of hydrogen-bond acceptors (Lipinski definition) is 2. The first kappa shape index (κ1) is 11.2. The minimum Gasteiger partial charge on any atom is -0.492 e. The van der Waals surface area contributed by atoms with Crippen LogP contribution in [0.5, 0.6) is 5.75 Å². The van der Waals surface area contributed by atoms with Crippen LogP contribution in [0, 0.1) is 0 Å². The quantitative estimate of drug-likeness (QED) is 0.719. The lowest BCUT2D eigenvalue weighted by Gasteiger charge is -2.25. The predicted octanol–water partition coefficient (Wildman–Crippen LogP) is 2.71. The van der Waals surface area contributed by atoms with Crippen molar-refractivity contribution >= 4 is 0 Å².